The number of hydrogen-bond donors (Lipinski definition) is 2. The highest BCUT2D eigenvalue weighted by Crippen LogP contribution is 2.08. The normalized spacial score (nSPS) is 10.4. The van der Waals surface area contributed by atoms with Crippen molar-refractivity contribution >= 4 is 23.9 Å². The molecule has 0 saturated carbocycles. The Bertz CT molecular complexity index is 636. The number of benzene rings is 1. The van der Waals surface area contributed by atoms with Crippen LogP contribution in [0, 0.1) is 0 Å². The summed E-state index contributed by atoms with van der Waals surface area (Å²) in [5.74, 6) is -1.12. The van der Waals surface area contributed by atoms with Gasteiger partial charge < -0.3 is 5.11 Å². The second-order valence-electron chi connectivity index (χ2n) is 3.82. The minimum Gasteiger partial charge on any atom is -0.478 e. The maximum absolute atomic E-state index is 11.9. The zero-order chi connectivity index (χ0) is 14.4. The largest absolute Gasteiger partial charge is 0.478 e. The third-order valence-electron chi connectivity index (χ3n) is 2.38. The Morgan fingerprint density at radius 2 is 1.75 bits per heavy atom. The molecule has 0 aliphatic heterocycles. The molecule has 1 aromatic carbocycles. The summed E-state index contributed by atoms with van der Waals surface area (Å²) in [7, 11) is 0. The standard InChI is InChI=1S/C14H11N3O3/c18-12(19)7-4-10-2-5-11(6-3-10)13(20)17-14-15-8-1-9-16-14/h1-9H,(H,18,19)(H,15,16,17,20)/b7-4+. The lowest BCUT2D eigenvalue weighted by molar-refractivity contribution is -0.131. The number of amides is 1. The Labute approximate surface area is 114 Å². The summed E-state index contributed by atoms with van der Waals surface area (Å²) in [5, 5.41) is 11.1. The lowest BCUT2D eigenvalue weighted by atomic mass is 10.1. The number of carboxylic acid groups (broad SMARTS) is 1. The van der Waals surface area contributed by atoms with Gasteiger partial charge in [-0.15, -0.1) is 0 Å². The zero-order valence-electron chi connectivity index (χ0n) is 10.4. The molecule has 0 aliphatic rings. The SMILES string of the molecule is O=C(O)/C=C/c1ccc(C(=O)Nc2ncccn2)cc1. The Hall–Kier alpha value is -3.02. The number of anilines is 1. The number of carbonyl (C=O) groups excluding carboxylic acids is 1. The molecular formula is C14H11N3O3. The summed E-state index contributed by atoms with van der Waals surface area (Å²) < 4.78 is 0. The molecule has 0 radical (unpaired) electrons. The second-order valence-corrected chi connectivity index (χ2v) is 3.82. The number of carboxylic acids is 1. The van der Waals surface area contributed by atoms with E-state index in [2.05, 4.69) is 15.3 Å². The molecule has 1 heterocycles. The van der Waals surface area contributed by atoms with Crippen LogP contribution in [-0.2, 0) is 4.79 Å². The Morgan fingerprint density at radius 1 is 1.10 bits per heavy atom. The van der Waals surface area contributed by atoms with Crippen LogP contribution in [0.5, 0.6) is 0 Å². The number of aliphatic carboxylic acids is 1. The Kier molecular flexibility index (Phi) is 4.18. The van der Waals surface area contributed by atoms with E-state index in [9.17, 15) is 9.59 Å². The third kappa shape index (κ3) is 3.74. The number of rotatable bonds is 4. The van der Waals surface area contributed by atoms with Crippen LogP contribution in [0.2, 0.25) is 0 Å². The van der Waals surface area contributed by atoms with E-state index in [1.54, 1.807) is 30.3 Å². The molecule has 6 nitrogen and oxygen atoms in total. The molecule has 0 bridgehead atoms. The number of nitrogens with zero attached hydrogens (tertiary/aromatic N) is 2. The van der Waals surface area contributed by atoms with Gasteiger partial charge in [-0.3, -0.25) is 10.1 Å². The quantitative estimate of drug-likeness (QED) is 0.826. The molecule has 0 spiro atoms. The molecule has 1 amide bonds. The van der Waals surface area contributed by atoms with E-state index in [-0.39, 0.29) is 11.9 Å². The summed E-state index contributed by atoms with van der Waals surface area (Å²) in [6.07, 6.45) is 5.54. The molecule has 0 fully saturated rings. The van der Waals surface area contributed by atoms with Crippen LogP contribution in [0.15, 0.2) is 48.8 Å². The first-order valence-corrected chi connectivity index (χ1v) is 5.74. The molecule has 1 aromatic heterocycles. The fourth-order valence-electron chi connectivity index (χ4n) is 1.45. The minimum atomic E-state index is -1.02. The molecule has 0 saturated heterocycles. The molecule has 0 unspecified atom stereocenters. The lowest BCUT2D eigenvalue weighted by Crippen LogP contribution is -2.13. The maximum atomic E-state index is 11.9. The van der Waals surface area contributed by atoms with Gasteiger partial charge in [0.05, 0.1) is 0 Å². The van der Waals surface area contributed by atoms with Crippen LogP contribution in [-0.4, -0.2) is 27.0 Å². The molecular weight excluding hydrogens is 258 g/mol. The van der Waals surface area contributed by atoms with Crippen molar-refractivity contribution in [2.75, 3.05) is 5.32 Å². The molecule has 20 heavy (non-hydrogen) atoms. The summed E-state index contributed by atoms with van der Waals surface area (Å²) in [6, 6.07) is 8.15. The molecule has 2 N–H and O–H groups in total. The average molecular weight is 269 g/mol. The van der Waals surface area contributed by atoms with Gasteiger partial charge in [0.15, 0.2) is 0 Å². The van der Waals surface area contributed by atoms with Gasteiger partial charge >= 0.3 is 5.97 Å². The van der Waals surface area contributed by atoms with Crippen LogP contribution < -0.4 is 5.32 Å². The summed E-state index contributed by atoms with van der Waals surface area (Å²) in [6.45, 7) is 0. The smallest absolute Gasteiger partial charge is 0.328 e. The fraction of sp³-hybridized carbons (Fsp3) is 0. The Morgan fingerprint density at radius 3 is 2.35 bits per heavy atom. The van der Waals surface area contributed by atoms with E-state index < -0.39 is 5.97 Å². The van der Waals surface area contributed by atoms with Gasteiger partial charge in [0, 0.05) is 24.0 Å². The summed E-state index contributed by atoms with van der Waals surface area (Å²) >= 11 is 0. The van der Waals surface area contributed by atoms with Gasteiger partial charge in [0.2, 0.25) is 5.95 Å². The van der Waals surface area contributed by atoms with Crippen molar-refractivity contribution in [1.29, 1.82) is 0 Å². The topological polar surface area (TPSA) is 92.2 Å². The van der Waals surface area contributed by atoms with E-state index in [0.29, 0.717) is 11.1 Å². The molecule has 2 rings (SSSR count). The first-order chi connectivity index (χ1) is 9.65. The van der Waals surface area contributed by atoms with Crippen molar-refractivity contribution in [3.8, 4) is 0 Å². The molecule has 0 atom stereocenters. The van der Waals surface area contributed by atoms with E-state index in [1.807, 2.05) is 0 Å². The van der Waals surface area contributed by atoms with Gasteiger partial charge in [0.25, 0.3) is 5.91 Å². The number of nitrogens with one attached hydrogen (secondary N) is 1. The van der Waals surface area contributed by atoms with E-state index in [1.165, 1.54) is 18.5 Å². The highest BCUT2D eigenvalue weighted by atomic mass is 16.4. The van der Waals surface area contributed by atoms with Crippen molar-refractivity contribution in [2.45, 2.75) is 0 Å². The van der Waals surface area contributed by atoms with Crippen molar-refractivity contribution in [1.82, 2.24) is 9.97 Å². The Balaban J connectivity index is 2.06. The second kappa shape index (κ2) is 6.24. The molecule has 0 aliphatic carbocycles. The van der Waals surface area contributed by atoms with Gasteiger partial charge in [-0.05, 0) is 29.8 Å². The van der Waals surface area contributed by atoms with Gasteiger partial charge in [-0.1, -0.05) is 12.1 Å². The van der Waals surface area contributed by atoms with Gasteiger partial charge in [-0.2, -0.15) is 0 Å². The van der Waals surface area contributed by atoms with Crippen LogP contribution in [0.1, 0.15) is 15.9 Å². The zero-order valence-corrected chi connectivity index (χ0v) is 10.4. The van der Waals surface area contributed by atoms with Crippen LogP contribution in [0.25, 0.3) is 6.08 Å². The van der Waals surface area contributed by atoms with Gasteiger partial charge in [-0.25, -0.2) is 14.8 Å². The monoisotopic (exact) mass is 269 g/mol. The minimum absolute atomic E-state index is 0.229. The predicted molar refractivity (Wildman–Crippen MR) is 73.1 cm³/mol. The fourth-order valence-corrected chi connectivity index (χ4v) is 1.45. The van der Waals surface area contributed by atoms with Crippen molar-refractivity contribution in [2.24, 2.45) is 0 Å². The number of carbonyl (C=O) groups is 2. The van der Waals surface area contributed by atoms with E-state index in [0.717, 1.165) is 6.08 Å². The van der Waals surface area contributed by atoms with Gasteiger partial charge in [0.1, 0.15) is 0 Å². The highest BCUT2D eigenvalue weighted by molar-refractivity contribution is 6.03. The summed E-state index contributed by atoms with van der Waals surface area (Å²) in [5.41, 5.74) is 1.13. The van der Waals surface area contributed by atoms with Crippen molar-refractivity contribution < 1.29 is 14.7 Å². The third-order valence-corrected chi connectivity index (χ3v) is 2.38. The predicted octanol–water partition coefficient (Wildman–Crippen LogP) is 1.83. The number of aromatic nitrogens is 2. The summed E-state index contributed by atoms with van der Waals surface area (Å²) in [4.78, 5) is 30.1. The van der Waals surface area contributed by atoms with Crippen LogP contribution in [0.3, 0.4) is 0 Å². The maximum Gasteiger partial charge on any atom is 0.328 e. The lowest BCUT2D eigenvalue weighted by Gasteiger charge is -2.03. The van der Waals surface area contributed by atoms with Crippen molar-refractivity contribution in [3.63, 3.8) is 0 Å². The van der Waals surface area contributed by atoms with Crippen LogP contribution in [0.4, 0.5) is 5.95 Å². The highest BCUT2D eigenvalue weighted by Gasteiger charge is 2.06. The van der Waals surface area contributed by atoms with Crippen LogP contribution >= 0.6 is 0 Å². The van der Waals surface area contributed by atoms with E-state index in [4.69, 9.17) is 5.11 Å². The molecule has 100 valence electrons. The molecule has 2 aromatic rings. The van der Waals surface area contributed by atoms with Crippen molar-refractivity contribution in [3.05, 3.63) is 59.9 Å². The first kappa shape index (κ1) is 13.4. The molecule has 6 heteroatoms. The van der Waals surface area contributed by atoms with E-state index >= 15 is 0 Å². The average Bonchev–Trinajstić information content (AvgIpc) is 2.46. The number of hydrogen-bond acceptors (Lipinski definition) is 4. The first-order valence-electron chi connectivity index (χ1n) is 5.74.